The Morgan fingerprint density at radius 3 is 2.39 bits per heavy atom. The smallest absolute Gasteiger partial charge is 0.309 e. The molecular formula is C19H29O3P. The topological polar surface area (TPSA) is 35.5 Å². The van der Waals surface area contributed by atoms with Crippen molar-refractivity contribution < 1.29 is 13.6 Å². The zero-order valence-electron chi connectivity index (χ0n) is 14.8. The van der Waals surface area contributed by atoms with Crippen molar-refractivity contribution in [1.29, 1.82) is 0 Å². The molecule has 23 heavy (non-hydrogen) atoms. The minimum atomic E-state index is -3.12. The fourth-order valence-electron chi connectivity index (χ4n) is 3.54. The Kier molecular flexibility index (Phi) is 6.64. The molecule has 0 heterocycles. The Bertz CT molecular complexity index is 593. The van der Waals surface area contributed by atoms with Gasteiger partial charge in [-0.25, -0.2) is 0 Å². The summed E-state index contributed by atoms with van der Waals surface area (Å²) in [4.78, 5) is 0. The second-order valence-corrected chi connectivity index (χ2v) is 8.69. The maximum absolute atomic E-state index is 12.3. The van der Waals surface area contributed by atoms with Gasteiger partial charge in [0.25, 0.3) is 0 Å². The van der Waals surface area contributed by atoms with Gasteiger partial charge >= 0.3 is 7.60 Å². The molecule has 1 fully saturated rings. The minimum absolute atomic E-state index is 0.772. The van der Waals surface area contributed by atoms with Gasteiger partial charge in [0.1, 0.15) is 0 Å². The van der Waals surface area contributed by atoms with Gasteiger partial charge in [0.15, 0.2) is 0 Å². The molecule has 0 unspecified atom stereocenters. The summed E-state index contributed by atoms with van der Waals surface area (Å²) in [5, 5.41) is 0. The number of hydrogen-bond acceptors (Lipinski definition) is 3. The number of hydrogen-bond donors (Lipinski definition) is 0. The van der Waals surface area contributed by atoms with Crippen LogP contribution < -0.4 is 0 Å². The molecule has 1 aliphatic carbocycles. The third-order valence-electron chi connectivity index (χ3n) is 4.78. The monoisotopic (exact) mass is 336 g/mol. The zero-order chi connectivity index (χ0) is 16.9. The largest absolute Gasteiger partial charge is 0.353 e. The van der Waals surface area contributed by atoms with Crippen molar-refractivity contribution in [3.8, 4) is 0 Å². The molecule has 0 aliphatic heterocycles. The molecule has 0 spiro atoms. The lowest BCUT2D eigenvalue weighted by Crippen LogP contribution is -2.10. The van der Waals surface area contributed by atoms with Crippen LogP contribution in [0, 0.1) is 19.8 Å². The van der Waals surface area contributed by atoms with Gasteiger partial charge in [-0.3, -0.25) is 4.57 Å². The standard InChI is InChI=1S/C19H29O3P/c1-15-12-16(2)19(10-11-23(20,21-3)22-4)18(13-15)14-17-8-6-5-7-9-17/h10-13,17H,5-9,14H2,1-4H3/b11-10+. The van der Waals surface area contributed by atoms with Crippen LogP contribution in [0.5, 0.6) is 0 Å². The molecule has 4 heteroatoms. The molecule has 0 saturated heterocycles. The van der Waals surface area contributed by atoms with Crippen molar-refractivity contribution in [3.63, 3.8) is 0 Å². The van der Waals surface area contributed by atoms with E-state index in [-0.39, 0.29) is 0 Å². The summed E-state index contributed by atoms with van der Waals surface area (Å²) in [7, 11) is -0.289. The number of rotatable bonds is 6. The Morgan fingerprint density at radius 2 is 1.78 bits per heavy atom. The van der Waals surface area contributed by atoms with E-state index in [9.17, 15) is 4.57 Å². The van der Waals surface area contributed by atoms with Crippen LogP contribution in [0.2, 0.25) is 0 Å². The van der Waals surface area contributed by atoms with Crippen molar-refractivity contribution in [2.24, 2.45) is 5.92 Å². The summed E-state index contributed by atoms with van der Waals surface area (Å²) in [6.45, 7) is 4.25. The van der Waals surface area contributed by atoms with Crippen LogP contribution >= 0.6 is 7.60 Å². The van der Waals surface area contributed by atoms with Crippen LogP contribution in [0.3, 0.4) is 0 Å². The van der Waals surface area contributed by atoms with Gasteiger partial charge < -0.3 is 9.05 Å². The van der Waals surface area contributed by atoms with Gasteiger partial charge in [-0.05, 0) is 49.0 Å². The molecule has 0 bridgehead atoms. The predicted molar refractivity (Wildman–Crippen MR) is 96.9 cm³/mol. The van der Waals surface area contributed by atoms with Crippen molar-refractivity contribution in [2.75, 3.05) is 14.2 Å². The van der Waals surface area contributed by atoms with Gasteiger partial charge in [0, 0.05) is 20.0 Å². The average Bonchev–Trinajstić information content (AvgIpc) is 2.54. The van der Waals surface area contributed by atoms with E-state index in [0.29, 0.717) is 0 Å². The molecule has 1 aromatic rings. The first-order chi connectivity index (χ1) is 11.0. The molecule has 2 rings (SSSR count). The first kappa shape index (κ1) is 18.4. The molecule has 128 valence electrons. The molecule has 1 aromatic carbocycles. The fraction of sp³-hybridized carbons (Fsp3) is 0.579. The van der Waals surface area contributed by atoms with E-state index in [1.54, 1.807) is 5.82 Å². The normalized spacial score (nSPS) is 17.0. The van der Waals surface area contributed by atoms with Gasteiger partial charge in [0.2, 0.25) is 0 Å². The van der Waals surface area contributed by atoms with E-state index < -0.39 is 7.60 Å². The van der Waals surface area contributed by atoms with Crippen LogP contribution in [0.15, 0.2) is 17.9 Å². The summed E-state index contributed by atoms with van der Waals surface area (Å²) in [6, 6.07) is 4.44. The van der Waals surface area contributed by atoms with Gasteiger partial charge in [-0.1, -0.05) is 49.8 Å². The maximum Gasteiger partial charge on any atom is 0.353 e. The van der Waals surface area contributed by atoms with E-state index in [1.165, 1.54) is 63.0 Å². The maximum atomic E-state index is 12.3. The summed E-state index contributed by atoms with van der Waals surface area (Å²) in [5.74, 6) is 2.35. The van der Waals surface area contributed by atoms with Crippen molar-refractivity contribution in [1.82, 2.24) is 0 Å². The lowest BCUT2D eigenvalue weighted by Gasteiger charge is -2.23. The molecule has 0 radical (unpaired) electrons. The van der Waals surface area contributed by atoms with Crippen molar-refractivity contribution >= 4 is 13.7 Å². The van der Waals surface area contributed by atoms with E-state index in [0.717, 1.165) is 17.9 Å². The summed E-state index contributed by atoms with van der Waals surface area (Å²) < 4.78 is 22.3. The Balaban J connectivity index is 2.30. The molecule has 3 nitrogen and oxygen atoms in total. The van der Waals surface area contributed by atoms with E-state index in [1.807, 2.05) is 6.08 Å². The lowest BCUT2D eigenvalue weighted by molar-refractivity contribution is 0.286. The number of benzene rings is 1. The van der Waals surface area contributed by atoms with E-state index in [4.69, 9.17) is 9.05 Å². The van der Waals surface area contributed by atoms with Crippen molar-refractivity contribution in [2.45, 2.75) is 52.4 Å². The summed E-state index contributed by atoms with van der Waals surface area (Å²) >= 11 is 0. The fourth-order valence-corrected chi connectivity index (χ4v) is 4.26. The van der Waals surface area contributed by atoms with Crippen molar-refractivity contribution in [3.05, 3.63) is 40.2 Å². The molecule has 0 amide bonds. The average molecular weight is 336 g/mol. The van der Waals surface area contributed by atoms with Gasteiger partial charge in [0.05, 0.1) is 0 Å². The Hall–Kier alpha value is -0.890. The third kappa shape index (κ3) is 5.04. The molecule has 1 aliphatic rings. The third-order valence-corrected chi connectivity index (χ3v) is 6.32. The van der Waals surface area contributed by atoms with Crippen LogP contribution in [0.1, 0.15) is 54.4 Å². The van der Waals surface area contributed by atoms with Crippen LogP contribution in [-0.2, 0) is 20.0 Å². The van der Waals surface area contributed by atoms with Gasteiger partial charge in [-0.2, -0.15) is 0 Å². The summed E-state index contributed by atoms with van der Waals surface area (Å²) in [6.07, 6.45) is 9.75. The Morgan fingerprint density at radius 1 is 1.13 bits per heavy atom. The van der Waals surface area contributed by atoms with E-state index >= 15 is 0 Å². The highest BCUT2D eigenvalue weighted by atomic mass is 31.2. The first-order valence-electron chi connectivity index (χ1n) is 8.48. The van der Waals surface area contributed by atoms with Crippen LogP contribution in [0.25, 0.3) is 6.08 Å². The lowest BCUT2D eigenvalue weighted by atomic mass is 9.83. The van der Waals surface area contributed by atoms with Crippen LogP contribution in [-0.4, -0.2) is 14.2 Å². The second-order valence-electron chi connectivity index (χ2n) is 6.58. The Labute approximate surface area is 140 Å². The SMILES string of the molecule is COP(=O)(/C=C/c1c(C)cc(C)cc1CC1CCCCC1)OC. The predicted octanol–water partition coefficient (Wildman–Crippen LogP) is 5.88. The number of aryl methyl sites for hydroxylation is 2. The highest BCUT2D eigenvalue weighted by molar-refractivity contribution is 7.57. The first-order valence-corrected chi connectivity index (χ1v) is 10.1. The second kappa shape index (κ2) is 8.28. The quantitative estimate of drug-likeness (QED) is 0.608. The highest BCUT2D eigenvalue weighted by Crippen LogP contribution is 2.48. The minimum Gasteiger partial charge on any atom is -0.309 e. The highest BCUT2D eigenvalue weighted by Gasteiger charge is 2.18. The molecule has 0 atom stereocenters. The zero-order valence-corrected chi connectivity index (χ0v) is 15.7. The summed E-state index contributed by atoms with van der Waals surface area (Å²) in [5.41, 5.74) is 5.01. The van der Waals surface area contributed by atoms with E-state index in [2.05, 4.69) is 26.0 Å². The van der Waals surface area contributed by atoms with Gasteiger partial charge in [-0.15, -0.1) is 0 Å². The molecular weight excluding hydrogens is 307 g/mol. The molecule has 0 aromatic heterocycles. The van der Waals surface area contributed by atoms with Crippen LogP contribution in [0.4, 0.5) is 0 Å². The molecule has 0 N–H and O–H groups in total. The molecule has 1 saturated carbocycles.